The molecule has 0 aromatic carbocycles. The molecular formula is C10H16F3N3OS. The van der Waals surface area contributed by atoms with Gasteiger partial charge in [-0.25, -0.2) is 0 Å². The molecule has 1 rings (SSSR count). The Hall–Kier alpha value is -0.890. The van der Waals surface area contributed by atoms with E-state index in [1.165, 1.54) is 0 Å². The summed E-state index contributed by atoms with van der Waals surface area (Å²) in [4.78, 5) is 0. The van der Waals surface area contributed by atoms with Gasteiger partial charge in [-0.2, -0.15) is 13.2 Å². The first-order valence-corrected chi connectivity index (χ1v) is 6.22. The molecule has 0 aliphatic carbocycles. The van der Waals surface area contributed by atoms with Crippen molar-refractivity contribution in [3.05, 3.63) is 5.01 Å². The zero-order valence-electron chi connectivity index (χ0n) is 10.4. The second-order valence-electron chi connectivity index (χ2n) is 5.21. The predicted octanol–water partition coefficient (Wildman–Crippen LogP) is 2.77. The second kappa shape index (κ2) is 5.40. The van der Waals surface area contributed by atoms with Crippen LogP contribution in [-0.2, 0) is 6.18 Å². The van der Waals surface area contributed by atoms with Crippen LogP contribution in [0.2, 0.25) is 0 Å². The van der Waals surface area contributed by atoms with Gasteiger partial charge in [-0.3, -0.25) is 0 Å². The number of aliphatic hydroxyl groups is 1. The molecule has 0 bridgehead atoms. The maximum Gasteiger partial charge on any atom is 0.445 e. The van der Waals surface area contributed by atoms with Crippen LogP contribution in [0.3, 0.4) is 0 Å². The van der Waals surface area contributed by atoms with Gasteiger partial charge in [-0.1, -0.05) is 32.1 Å². The van der Waals surface area contributed by atoms with Crippen LogP contribution in [0.1, 0.15) is 32.2 Å². The van der Waals surface area contributed by atoms with Crippen LogP contribution < -0.4 is 5.32 Å². The van der Waals surface area contributed by atoms with E-state index in [1.54, 1.807) is 0 Å². The largest absolute Gasteiger partial charge is 0.445 e. The number of nitrogens with zero attached hydrogens (tertiary/aromatic N) is 2. The molecule has 18 heavy (non-hydrogen) atoms. The van der Waals surface area contributed by atoms with Gasteiger partial charge >= 0.3 is 6.18 Å². The summed E-state index contributed by atoms with van der Waals surface area (Å²) in [6, 6.07) is 0. The highest BCUT2D eigenvalue weighted by atomic mass is 32.1. The molecule has 1 unspecified atom stereocenters. The lowest BCUT2D eigenvalue weighted by atomic mass is 9.89. The SMILES string of the molecule is CC(C)(C)CC(O)CNc1nnc(C(F)(F)F)s1. The van der Waals surface area contributed by atoms with Gasteiger partial charge in [0.25, 0.3) is 0 Å². The standard InChI is InChI=1S/C10H16F3N3OS/c1-9(2,3)4-6(17)5-14-8-16-15-7(18-8)10(11,12)13/h6,17H,4-5H2,1-3H3,(H,14,16). The summed E-state index contributed by atoms with van der Waals surface area (Å²) < 4.78 is 36.8. The summed E-state index contributed by atoms with van der Waals surface area (Å²) >= 11 is 0.430. The summed E-state index contributed by atoms with van der Waals surface area (Å²) in [6.07, 6.45) is -4.56. The molecule has 2 N–H and O–H groups in total. The Labute approximate surface area is 107 Å². The molecule has 0 fully saturated rings. The van der Waals surface area contributed by atoms with E-state index in [-0.39, 0.29) is 17.1 Å². The maximum atomic E-state index is 12.3. The van der Waals surface area contributed by atoms with E-state index in [9.17, 15) is 18.3 Å². The van der Waals surface area contributed by atoms with Crippen LogP contribution in [0.25, 0.3) is 0 Å². The van der Waals surface area contributed by atoms with Gasteiger partial charge in [0.2, 0.25) is 10.1 Å². The van der Waals surface area contributed by atoms with Gasteiger partial charge < -0.3 is 10.4 Å². The fraction of sp³-hybridized carbons (Fsp3) is 0.800. The van der Waals surface area contributed by atoms with Crippen LogP contribution in [0.4, 0.5) is 18.3 Å². The Morgan fingerprint density at radius 2 is 1.89 bits per heavy atom. The molecule has 1 atom stereocenters. The van der Waals surface area contributed by atoms with Crippen molar-refractivity contribution in [2.24, 2.45) is 5.41 Å². The first kappa shape index (κ1) is 15.2. The van der Waals surface area contributed by atoms with E-state index in [2.05, 4.69) is 15.5 Å². The number of hydrogen-bond donors (Lipinski definition) is 2. The highest BCUT2D eigenvalue weighted by Gasteiger charge is 2.35. The van der Waals surface area contributed by atoms with Crippen molar-refractivity contribution >= 4 is 16.5 Å². The third kappa shape index (κ3) is 5.18. The Morgan fingerprint density at radius 1 is 1.28 bits per heavy atom. The lowest BCUT2D eigenvalue weighted by Gasteiger charge is -2.22. The molecule has 1 aromatic rings. The van der Waals surface area contributed by atoms with Crippen molar-refractivity contribution in [1.29, 1.82) is 0 Å². The smallest absolute Gasteiger partial charge is 0.391 e. The van der Waals surface area contributed by atoms with Crippen LogP contribution in [-0.4, -0.2) is 28.0 Å². The van der Waals surface area contributed by atoms with Crippen molar-refractivity contribution in [1.82, 2.24) is 10.2 Å². The van der Waals surface area contributed by atoms with Crippen molar-refractivity contribution in [3.63, 3.8) is 0 Å². The van der Waals surface area contributed by atoms with Gasteiger partial charge in [0, 0.05) is 6.54 Å². The van der Waals surface area contributed by atoms with Crippen LogP contribution in [0.15, 0.2) is 0 Å². The van der Waals surface area contributed by atoms with E-state index in [4.69, 9.17) is 0 Å². The van der Waals surface area contributed by atoms with Gasteiger partial charge in [0.1, 0.15) is 0 Å². The fourth-order valence-electron chi connectivity index (χ4n) is 1.39. The Balaban J connectivity index is 2.47. The first-order chi connectivity index (χ1) is 8.08. The summed E-state index contributed by atoms with van der Waals surface area (Å²) in [5, 5.41) is 17.8. The quantitative estimate of drug-likeness (QED) is 0.892. The number of hydrogen-bond acceptors (Lipinski definition) is 5. The number of aromatic nitrogens is 2. The van der Waals surface area contributed by atoms with Crippen molar-refractivity contribution < 1.29 is 18.3 Å². The Kier molecular flexibility index (Phi) is 4.55. The van der Waals surface area contributed by atoms with Gasteiger partial charge in [0.05, 0.1) is 6.10 Å². The van der Waals surface area contributed by atoms with E-state index in [0.717, 1.165) is 0 Å². The number of aliphatic hydroxyl groups excluding tert-OH is 1. The number of nitrogens with one attached hydrogen (secondary N) is 1. The average Bonchev–Trinajstić information content (AvgIpc) is 2.59. The summed E-state index contributed by atoms with van der Waals surface area (Å²) in [5.41, 5.74) is -0.0423. The number of halogens is 3. The van der Waals surface area contributed by atoms with Crippen molar-refractivity contribution in [3.8, 4) is 0 Å². The highest BCUT2D eigenvalue weighted by Crippen LogP contribution is 2.33. The zero-order valence-corrected chi connectivity index (χ0v) is 11.2. The van der Waals surface area contributed by atoms with Crippen molar-refractivity contribution in [2.45, 2.75) is 39.5 Å². The van der Waals surface area contributed by atoms with E-state index < -0.39 is 17.3 Å². The second-order valence-corrected chi connectivity index (χ2v) is 6.19. The molecule has 1 aromatic heterocycles. The molecule has 104 valence electrons. The van der Waals surface area contributed by atoms with Gasteiger partial charge in [-0.05, 0) is 11.8 Å². The van der Waals surface area contributed by atoms with Gasteiger partial charge in [-0.15, -0.1) is 10.2 Å². The third-order valence-electron chi connectivity index (χ3n) is 2.00. The van der Waals surface area contributed by atoms with E-state index in [1.807, 2.05) is 20.8 Å². The molecule has 0 aliphatic heterocycles. The zero-order chi connectivity index (χ0) is 14.0. The minimum atomic E-state index is -4.47. The molecule has 0 aliphatic rings. The van der Waals surface area contributed by atoms with E-state index in [0.29, 0.717) is 17.8 Å². The minimum Gasteiger partial charge on any atom is -0.391 e. The summed E-state index contributed by atoms with van der Waals surface area (Å²) in [5.74, 6) is 0. The molecule has 1 heterocycles. The minimum absolute atomic E-state index is 0.0423. The Morgan fingerprint density at radius 3 is 2.33 bits per heavy atom. The maximum absolute atomic E-state index is 12.3. The number of alkyl halides is 3. The number of anilines is 1. The van der Waals surface area contributed by atoms with Crippen LogP contribution in [0.5, 0.6) is 0 Å². The molecule has 0 radical (unpaired) electrons. The average molecular weight is 283 g/mol. The molecule has 0 saturated heterocycles. The summed E-state index contributed by atoms with van der Waals surface area (Å²) in [7, 11) is 0. The lowest BCUT2D eigenvalue weighted by molar-refractivity contribution is -0.138. The monoisotopic (exact) mass is 283 g/mol. The van der Waals surface area contributed by atoms with Crippen LogP contribution >= 0.6 is 11.3 Å². The Bertz CT molecular complexity index is 386. The van der Waals surface area contributed by atoms with E-state index >= 15 is 0 Å². The molecule has 0 spiro atoms. The highest BCUT2D eigenvalue weighted by molar-refractivity contribution is 7.15. The third-order valence-corrected chi connectivity index (χ3v) is 2.93. The molecular weight excluding hydrogens is 267 g/mol. The lowest BCUT2D eigenvalue weighted by Crippen LogP contribution is -2.25. The molecule has 8 heteroatoms. The first-order valence-electron chi connectivity index (χ1n) is 5.40. The molecule has 4 nitrogen and oxygen atoms in total. The van der Waals surface area contributed by atoms with Crippen molar-refractivity contribution in [2.75, 3.05) is 11.9 Å². The van der Waals surface area contributed by atoms with Gasteiger partial charge in [0.15, 0.2) is 0 Å². The number of rotatable bonds is 4. The topological polar surface area (TPSA) is 58.0 Å². The van der Waals surface area contributed by atoms with Crippen LogP contribution in [0, 0.1) is 5.41 Å². The fourth-order valence-corrected chi connectivity index (χ4v) is 2.01. The summed E-state index contributed by atoms with van der Waals surface area (Å²) in [6.45, 7) is 6.08. The molecule has 0 saturated carbocycles. The normalized spacial score (nSPS) is 14.6. The molecule has 0 amide bonds. The predicted molar refractivity (Wildman–Crippen MR) is 63.5 cm³/mol.